The zero-order valence-electron chi connectivity index (χ0n) is 17.4. The van der Waals surface area contributed by atoms with Crippen LogP contribution in [-0.2, 0) is 29.5 Å². The van der Waals surface area contributed by atoms with Gasteiger partial charge >= 0.3 is 0 Å². The van der Waals surface area contributed by atoms with E-state index in [0.29, 0.717) is 0 Å². The third-order valence-corrected chi connectivity index (χ3v) is 8.97. The number of benzene rings is 2. The molecule has 2 aromatic carbocycles. The van der Waals surface area contributed by atoms with Crippen LogP contribution in [0.25, 0.3) is 0 Å². The van der Waals surface area contributed by atoms with Gasteiger partial charge in [-0.25, -0.2) is 21.6 Å². The van der Waals surface area contributed by atoms with Crippen LogP contribution >= 0.6 is 0 Å². The Morgan fingerprint density at radius 3 is 2.00 bits per heavy atom. The van der Waals surface area contributed by atoms with Crippen molar-refractivity contribution in [1.82, 2.24) is 9.03 Å². The van der Waals surface area contributed by atoms with Crippen LogP contribution in [0.2, 0.25) is 0 Å². The molecule has 0 spiro atoms. The first-order valence-electron chi connectivity index (χ1n) is 10.1. The van der Waals surface area contributed by atoms with E-state index in [2.05, 4.69) is 4.72 Å². The Kier molecular flexibility index (Phi) is 6.21. The van der Waals surface area contributed by atoms with Crippen LogP contribution in [0.1, 0.15) is 11.1 Å². The van der Waals surface area contributed by atoms with E-state index in [9.17, 15) is 16.8 Å². The van der Waals surface area contributed by atoms with Crippen molar-refractivity contribution < 1.29 is 26.3 Å². The molecular formula is C21H26N2O6S2. The van der Waals surface area contributed by atoms with Crippen molar-refractivity contribution in [2.45, 2.75) is 41.9 Å². The first kappa shape index (κ1) is 22.4. The molecule has 2 fully saturated rings. The standard InChI is InChI=1S/C21H26N2O6S2/c1-15-3-7-17(8-4-15)30(24,25)22-19-14-29-21(19)20-13-23(11-12-28-20)31(26,27)18-9-5-16(2)6-10-18/h3-10,19-22H,11-14H2,1-2H3. The highest BCUT2D eigenvalue weighted by Gasteiger charge is 2.44. The molecule has 0 bridgehead atoms. The normalized spacial score (nSPS) is 25.2. The van der Waals surface area contributed by atoms with E-state index in [4.69, 9.17) is 9.47 Å². The van der Waals surface area contributed by atoms with Gasteiger partial charge in [0.2, 0.25) is 20.0 Å². The average Bonchev–Trinajstić information content (AvgIpc) is 2.72. The van der Waals surface area contributed by atoms with Crippen LogP contribution in [0, 0.1) is 13.8 Å². The van der Waals surface area contributed by atoms with E-state index in [-0.39, 0.29) is 36.1 Å². The van der Waals surface area contributed by atoms with E-state index in [0.717, 1.165) is 11.1 Å². The number of hydrogen-bond acceptors (Lipinski definition) is 6. The summed E-state index contributed by atoms with van der Waals surface area (Å²) in [7, 11) is -7.39. The third-order valence-electron chi connectivity index (χ3n) is 5.58. The zero-order valence-corrected chi connectivity index (χ0v) is 19.0. The number of morpholine rings is 1. The second-order valence-corrected chi connectivity index (χ2v) is 11.6. The molecule has 3 unspecified atom stereocenters. The fourth-order valence-electron chi connectivity index (χ4n) is 3.68. The highest BCUT2D eigenvalue weighted by molar-refractivity contribution is 7.89. The summed E-state index contributed by atoms with van der Waals surface area (Å²) >= 11 is 0. The van der Waals surface area contributed by atoms with Gasteiger partial charge in [0.15, 0.2) is 0 Å². The van der Waals surface area contributed by atoms with Crippen molar-refractivity contribution in [3.8, 4) is 0 Å². The minimum Gasteiger partial charge on any atom is -0.373 e. The van der Waals surface area contributed by atoms with Crippen LogP contribution in [0.5, 0.6) is 0 Å². The maximum atomic E-state index is 13.0. The Morgan fingerprint density at radius 2 is 1.45 bits per heavy atom. The molecule has 2 saturated heterocycles. The lowest BCUT2D eigenvalue weighted by molar-refractivity contribution is -0.169. The van der Waals surface area contributed by atoms with Crippen molar-refractivity contribution in [2.24, 2.45) is 0 Å². The van der Waals surface area contributed by atoms with Gasteiger partial charge in [0.25, 0.3) is 0 Å². The maximum absolute atomic E-state index is 13.0. The van der Waals surface area contributed by atoms with Gasteiger partial charge in [-0.2, -0.15) is 4.31 Å². The van der Waals surface area contributed by atoms with Gasteiger partial charge in [-0.05, 0) is 38.1 Å². The lowest BCUT2D eigenvalue weighted by Gasteiger charge is -2.44. The molecule has 2 aliphatic rings. The average molecular weight is 467 g/mol. The van der Waals surface area contributed by atoms with Gasteiger partial charge < -0.3 is 9.47 Å². The summed E-state index contributed by atoms with van der Waals surface area (Å²) in [6, 6.07) is 12.8. The summed E-state index contributed by atoms with van der Waals surface area (Å²) in [4.78, 5) is 0.404. The number of rotatable bonds is 6. The number of sulfonamides is 2. The smallest absolute Gasteiger partial charge is 0.243 e. The molecule has 0 amide bonds. The quantitative estimate of drug-likeness (QED) is 0.691. The number of nitrogens with zero attached hydrogens (tertiary/aromatic N) is 1. The van der Waals surface area contributed by atoms with Gasteiger partial charge in [-0.3, -0.25) is 0 Å². The molecule has 2 aliphatic heterocycles. The fourth-order valence-corrected chi connectivity index (χ4v) is 6.35. The molecule has 2 aromatic rings. The molecule has 10 heteroatoms. The number of nitrogens with one attached hydrogen (secondary N) is 1. The predicted molar refractivity (Wildman–Crippen MR) is 115 cm³/mol. The first-order chi connectivity index (χ1) is 14.7. The van der Waals surface area contributed by atoms with E-state index >= 15 is 0 Å². The van der Waals surface area contributed by atoms with Crippen LogP contribution < -0.4 is 4.72 Å². The Balaban J connectivity index is 1.45. The maximum Gasteiger partial charge on any atom is 0.243 e. The van der Waals surface area contributed by atoms with Crippen molar-refractivity contribution in [1.29, 1.82) is 0 Å². The largest absolute Gasteiger partial charge is 0.373 e. The number of aryl methyl sites for hydroxylation is 2. The second-order valence-electron chi connectivity index (χ2n) is 7.92. The topological polar surface area (TPSA) is 102 Å². The van der Waals surface area contributed by atoms with Crippen LogP contribution in [0.3, 0.4) is 0 Å². The molecular weight excluding hydrogens is 440 g/mol. The molecule has 0 saturated carbocycles. The van der Waals surface area contributed by atoms with E-state index in [1.165, 1.54) is 4.31 Å². The summed E-state index contributed by atoms with van der Waals surface area (Å²) in [5.41, 5.74) is 1.94. The Morgan fingerprint density at radius 1 is 0.871 bits per heavy atom. The molecule has 168 valence electrons. The second kappa shape index (κ2) is 8.61. The fraction of sp³-hybridized carbons (Fsp3) is 0.429. The van der Waals surface area contributed by atoms with Gasteiger partial charge in [-0.1, -0.05) is 35.4 Å². The van der Waals surface area contributed by atoms with Crippen molar-refractivity contribution >= 4 is 20.0 Å². The van der Waals surface area contributed by atoms with Crippen molar-refractivity contribution in [3.05, 3.63) is 59.7 Å². The van der Waals surface area contributed by atoms with Gasteiger partial charge in [0.05, 0.1) is 35.2 Å². The Bertz CT molecular complexity index is 1130. The summed E-state index contributed by atoms with van der Waals surface area (Å²) in [6.07, 6.45) is -1.12. The lowest BCUT2D eigenvalue weighted by Crippen LogP contribution is -2.64. The predicted octanol–water partition coefficient (Wildman–Crippen LogP) is 1.44. The number of hydrogen-bond donors (Lipinski definition) is 1. The molecule has 4 rings (SSSR count). The van der Waals surface area contributed by atoms with Gasteiger partial charge in [-0.15, -0.1) is 0 Å². The van der Waals surface area contributed by atoms with Crippen LogP contribution in [0.15, 0.2) is 58.3 Å². The number of ether oxygens (including phenoxy) is 2. The van der Waals surface area contributed by atoms with Gasteiger partial charge in [0, 0.05) is 13.1 Å². The SMILES string of the molecule is Cc1ccc(S(=O)(=O)NC2COC2C2CN(S(=O)(=O)c3ccc(C)cc3)CCO2)cc1. The van der Waals surface area contributed by atoms with E-state index < -0.39 is 38.3 Å². The van der Waals surface area contributed by atoms with E-state index in [1.807, 2.05) is 13.8 Å². The van der Waals surface area contributed by atoms with Gasteiger partial charge in [0.1, 0.15) is 6.10 Å². The molecule has 0 aliphatic carbocycles. The molecule has 0 radical (unpaired) electrons. The molecule has 0 aromatic heterocycles. The minimum atomic E-state index is -3.72. The Hall–Kier alpha value is -1.82. The molecule has 8 nitrogen and oxygen atoms in total. The summed E-state index contributed by atoms with van der Waals surface area (Å²) in [5.74, 6) is 0. The first-order valence-corrected chi connectivity index (χ1v) is 13.0. The van der Waals surface area contributed by atoms with Crippen molar-refractivity contribution in [2.75, 3.05) is 26.3 Å². The summed E-state index contributed by atoms with van der Waals surface area (Å²) in [5, 5.41) is 0. The van der Waals surface area contributed by atoms with Crippen molar-refractivity contribution in [3.63, 3.8) is 0 Å². The Labute approximate surface area is 183 Å². The van der Waals surface area contributed by atoms with E-state index in [1.54, 1.807) is 48.5 Å². The highest BCUT2D eigenvalue weighted by Crippen LogP contribution is 2.26. The van der Waals surface area contributed by atoms with Crippen LogP contribution in [-0.4, -0.2) is 65.7 Å². The van der Waals surface area contributed by atoms with Crippen LogP contribution in [0.4, 0.5) is 0 Å². The monoisotopic (exact) mass is 466 g/mol. The highest BCUT2D eigenvalue weighted by atomic mass is 32.2. The molecule has 2 heterocycles. The molecule has 1 N–H and O–H groups in total. The summed E-state index contributed by atoms with van der Waals surface area (Å²) < 4.78 is 66.8. The minimum absolute atomic E-state index is 0.101. The lowest BCUT2D eigenvalue weighted by atomic mass is 10.0. The molecule has 3 atom stereocenters. The zero-order chi connectivity index (χ0) is 22.2. The third kappa shape index (κ3) is 4.69. The molecule has 31 heavy (non-hydrogen) atoms. The summed E-state index contributed by atoms with van der Waals surface area (Å²) in [6.45, 7) is 4.54.